The van der Waals surface area contributed by atoms with Crippen molar-refractivity contribution >= 4 is 43.9 Å². The molecule has 2 heterocycles. The molecule has 1 aromatic heterocycles. The summed E-state index contributed by atoms with van der Waals surface area (Å²) in [6.07, 6.45) is 1.89. The van der Waals surface area contributed by atoms with Gasteiger partial charge in [-0.3, -0.25) is 4.98 Å². The zero-order valence-electron chi connectivity index (χ0n) is 12.8. The normalized spacial score (nSPS) is 13.7. The lowest BCUT2D eigenvalue weighted by atomic mass is 10.1. The van der Waals surface area contributed by atoms with E-state index in [1.807, 2.05) is 38.4 Å². The van der Waals surface area contributed by atoms with Crippen molar-refractivity contribution in [3.63, 3.8) is 0 Å². The third-order valence-electron chi connectivity index (χ3n) is 4.35. The van der Waals surface area contributed by atoms with Gasteiger partial charge in [-0.15, -0.1) is 0 Å². The topological polar surface area (TPSA) is 19.4 Å². The third-order valence-corrected chi connectivity index (χ3v) is 4.84. The number of rotatable bonds is 1. The number of benzene rings is 2. The van der Waals surface area contributed by atoms with Gasteiger partial charge in [-0.1, -0.05) is 22.0 Å². The fraction of sp³-hybridized carbons (Fsp3) is 0.167. The van der Waals surface area contributed by atoms with E-state index in [9.17, 15) is 4.39 Å². The summed E-state index contributed by atoms with van der Waals surface area (Å²) in [5, 5.41) is 1.06. The lowest BCUT2D eigenvalue weighted by Crippen LogP contribution is -2.24. The minimum atomic E-state index is -0.182. The molecular formula is C18H15BrFN3. The summed E-state index contributed by atoms with van der Waals surface area (Å²) in [6.45, 7) is 2.49. The molecule has 0 spiro atoms. The lowest BCUT2D eigenvalue weighted by Gasteiger charge is -2.22. The Morgan fingerprint density at radius 2 is 2.00 bits per heavy atom. The van der Waals surface area contributed by atoms with Gasteiger partial charge < -0.3 is 9.80 Å². The van der Waals surface area contributed by atoms with E-state index in [2.05, 4.69) is 36.8 Å². The van der Waals surface area contributed by atoms with Gasteiger partial charge in [0.15, 0.2) is 0 Å². The van der Waals surface area contributed by atoms with Gasteiger partial charge in [0.2, 0.25) is 0 Å². The van der Waals surface area contributed by atoms with Crippen molar-refractivity contribution < 1.29 is 4.39 Å². The van der Waals surface area contributed by atoms with Crippen LogP contribution in [0, 0.1) is 12.7 Å². The second kappa shape index (κ2) is 5.20. The molecule has 3 nitrogen and oxygen atoms in total. The summed E-state index contributed by atoms with van der Waals surface area (Å²) < 4.78 is 15.0. The van der Waals surface area contributed by atoms with Crippen LogP contribution in [0.4, 0.5) is 21.5 Å². The summed E-state index contributed by atoms with van der Waals surface area (Å²) in [4.78, 5) is 8.84. The number of anilines is 3. The molecular weight excluding hydrogens is 357 g/mol. The molecule has 0 bridgehead atoms. The smallest absolute Gasteiger partial charge is 0.128 e. The largest absolute Gasteiger partial charge is 0.354 e. The monoisotopic (exact) mass is 371 g/mol. The van der Waals surface area contributed by atoms with Gasteiger partial charge in [0.05, 0.1) is 29.8 Å². The van der Waals surface area contributed by atoms with E-state index < -0.39 is 0 Å². The summed E-state index contributed by atoms with van der Waals surface area (Å²) in [5.74, 6) is -0.182. The van der Waals surface area contributed by atoms with Gasteiger partial charge in [0, 0.05) is 28.2 Å². The Labute approximate surface area is 142 Å². The summed E-state index contributed by atoms with van der Waals surface area (Å²) >= 11 is 3.54. The summed E-state index contributed by atoms with van der Waals surface area (Å²) in [5.41, 5.74) is 4.62. The Morgan fingerprint density at radius 1 is 1.17 bits per heavy atom. The molecule has 4 rings (SSSR count). The molecule has 1 aliphatic heterocycles. The van der Waals surface area contributed by atoms with Crippen LogP contribution in [0.25, 0.3) is 10.9 Å². The Bertz CT molecular complexity index is 926. The Balaban J connectivity index is 2.01. The molecule has 0 N–H and O–H groups in total. The van der Waals surface area contributed by atoms with E-state index in [0.717, 1.165) is 32.4 Å². The fourth-order valence-electron chi connectivity index (χ4n) is 3.15. The van der Waals surface area contributed by atoms with Crippen LogP contribution in [0.15, 0.2) is 47.1 Å². The van der Waals surface area contributed by atoms with Crippen molar-refractivity contribution in [3.05, 3.63) is 58.4 Å². The Morgan fingerprint density at radius 3 is 2.83 bits per heavy atom. The standard InChI is InChI=1S/C18H15BrFN3/c1-11-14(20)4-3-5-16(11)23-10-22(2)17-9-21-15-7-6-12(19)8-13(15)18(17)23/h3-9H,10H2,1-2H3. The molecule has 23 heavy (non-hydrogen) atoms. The molecule has 0 amide bonds. The van der Waals surface area contributed by atoms with Crippen LogP contribution in [0.5, 0.6) is 0 Å². The van der Waals surface area contributed by atoms with Crippen LogP contribution in [0.2, 0.25) is 0 Å². The molecule has 0 saturated carbocycles. The maximum atomic E-state index is 14.0. The maximum absolute atomic E-state index is 14.0. The number of nitrogens with zero attached hydrogens (tertiary/aromatic N) is 3. The summed E-state index contributed by atoms with van der Waals surface area (Å²) in [6, 6.07) is 11.3. The van der Waals surface area contributed by atoms with Crippen LogP contribution >= 0.6 is 15.9 Å². The highest BCUT2D eigenvalue weighted by Crippen LogP contribution is 2.45. The van der Waals surface area contributed by atoms with Gasteiger partial charge in [-0.05, 0) is 37.3 Å². The van der Waals surface area contributed by atoms with Crippen LogP contribution in [-0.4, -0.2) is 18.7 Å². The van der Waals surface area contributed by atoms with Crippen molar-refractivity contribution in [2.75, 3.05) is 23.5 Å². The van der Waals surface area contributed by atoms with E-state index >= 15 is 0 Å². The number of pyridine rings is 1. The quantitative estimate of drug-likeness (QED) is 0.600. The van der Waals surface area contributed by atoms with Crippen molar-refractivity contribution in [1.29, 1.82) is 0 Å². The Hall–Kier alpha value is -2.14. The average molecular weight is 372 g/mol. The number of aromatic nitrogens is 1. The van der Waals surface area contributed by atoms with Crippen LogP contribution < -0.4 is 9.80 Å². The van der Waals surface area contributed by atoms with Gasteiger partial charge in [-0.2, -0.15) is 0 Å². The molecule has 5 heteroatoms. The van der Waals surface area contributed by atoms with Gasteiger partial charge in [0.25, 0.3) is 0 Å². The molecule has 0 atom stereocenters. The molecule has 116 valence electrons. The van der Waals surface area contributed by atoms with E-state index in [1.54, 1.807) is 6.07 Å². The van der Waals surface area contributed by atoms with Crippen LogP contribution in [0.1, 0.15) is 5.56 Å². The predicted octanol–water partition coefficient (Wildman–Crippen LogP) is 4.99. The van der Waals surface area contributed by atoms with Crippen molar-refractivity contribution in [1.82, 2.24) is 4.98 Å². The first-order valence-corrected chi connectivity index (χ1v) is 8.17. The number of hydrogen-bond acceptors (Lipinski definition) is 3. The molecule has 0 aliphatic carbocycles. The zero-order valence-corrected chi connectivity index (χ0v) is 14.4. The number of halogens is 2. The fourth-order valence-corrected chi connectivity index (χ4v) is 3.51. The van der Waals surface area contributed by atoms with Crippen LogP contribution in [0.3, 0.4) is 0 Å². The van der Waals surface area contributed by atoms with Crippen molar-refractivity contribution in [2.45, 2.75) is 6.92 Å². The number of fused-ring (bicyclic) bond motifs is 3. The molecule has 0 radical (unpaired) electrons. The molecule has 0 saturated heterocycles. The maximum Gasteiger partial charge on any atom is 0.128 e. The first-order valence-electron chi connectivity index (χ1n) is 7.38. The minimum Gasteiger partial charge on any atom is -0.354 e. The summed E-state index contributed by atoms with van der Waals surface area (Å²) in [7, 11) is 2.03. The first kappa shape index (κ1) is 14.5. The highest BCUT2D eigenvalue weighted by Gasteiger charge is 2.28. The highest BCUT2D eigenvalue weighted by molar-refractivity contribution is 9.10. The van der Waals surface area contributed by atoms with E-state index in [-0.39, 0.29) is 5.82 Å². The lowest BCUT2D eigenvalue weighted by molar-refractivity contribution is 0.618. The zero-order chi connectivity index (χ0) is 16.1. The van der Waals surface area contributed by atoms with E-state index in [0.29, 0.717) is 12.2 Å². The Kier molecular flexibility index (Phi) is 3.27. The number of hydrogen-bond donors (Lipinski definition) is 0. The minimum absolute atomic E-state index is 0.182. The van der Waals surface area contributed by atoms with Crippen LogP contribution in [-0.2, 0) is 0 Å². The molecule has 1 aliphatic rings. The molecule has 3 aromatic rings. The predicted molar refractivity (Wildman–Crippen MR) is 96.0 cm³/mol. The second-order valence-corrected chi connectivity index (χ2v) is 6.72. The molecule has 0 fully saturated rings. The highest BCUT2D eigenvalue weighted by atomic mass is 79.9. The second-order valence-electron chi connectivity index (χ2n) is 5.80. The third kappa shape index (κ3) is 2.18. The molecule has 2 aromatic carbocycles. The van der Waals surface area contributed by atoms with Crippen molar-refractivity contribution in [2.24, 2.45) is 0 Å². The van der Waals surface area contributed by atoms with Gasteiger partial charge >= 0.3 is 0 Å². The SMILES string of the molecule is Cc1c(F)cccc1N1CN(C)c2cnc3ccc(Br)cc3c21. The van der Waals surface area contributed by atoms with E-state index in [4.69, 9.17) is 0 Å². The first-order chi connectivity index (χ1) is 11.1. The van der Waals surface area contributed by atoms with E-state index in [1.165, 1.54) is 6.07 Å². The van der Waals surface area contributed by atoms with Gasteiger partial charge in [0.1, 0.15) is 5.82 Å². The van der Waals surface area contributed by atoms with Crippen molar-refractivity contribution in [3.8, 4) is 0 Å². The van der Waals surface area contributed by atoms with Gasteiger partial charge in [-0.25, -0.2) is 4.39 Å². The average Bonchev–Trinajstić information content (AvgIpc) is 2.87. The molecule has 0 unspecified atom stereocenters.